The van der Waals surface area contributed by atoms with E-state index in [4.69, 9.17) is 15.0 Å². The van der Waals surface area contributed by atoms with Gasteiger partial charge in [-0.2, -0.15) is 0 Å². The molecule has 0 aliphatic heterocycles. The topological polar surface area (TPSA) is 43.6 Å². The number of para-hydroxylation sites is 3. The van der Waals surface area contributed by atoms with Gasteiger partial charge < -0.3 is 0 Å². The third-order valence-corrected chi connectivity index (χ3v) is 12.2. The second kappa shape index (κ2) is 11.3. The summed E-state index contributed by atoms with van der Waals surface area (Å²) in [6, 6.07) is 60.4. The predicted octanol–water partition coefficient (Wildman–Crippen LogP) is 13.3. The molecule has 0 aliphatic rings. The first-order valence-corrected chi connectivity index (χ1v) is 19.0. The van der Waals surface area contributed by atoms with Crippen molar-refractivity contribution >= 4 is 96.7 Å². The van der Waals surface area contributed by atoms with Gasteiger partial charge in [-0.3, -0.25) is 4.57 Å². The summed E-state index contributed by atoms with van der Waals surface area (Å²) < 4.78 is 4.78. The van der Waals surface area contributed by atoms with E-state index in [1.54, 1.807) is 0 Å². The highest BCUT2D eigenvalue weighted by molar-refractivity contribution is 7.27. The molecule has 0 radical (unpaired) electrons. The van der Waals surface area contributed by atoms with E-state index < -0.39 is 0 Å². The number of pyridine rings is 1. The number of benzene rings is 8. The third-order valence-electron chi connectivity index (χ3n) is 11.0. The Labute approximate surface area is 313 Å². The van der Waals surface area contributed by atoms with Gasteiger partial charge >= 0.3 is 0 Å². The fourth-order valence-corrected chi connectivity index (χ4v) is 9.92. The molecule has 0 atom stereocenters. The van der Waals surface area contributed by atoms with Crippen molar-refractivity contribution in [3.63, 3.8) is 0 Å². The lowest BCUT2D eigenvalue weighted by Crippen LogP contribution is -2.03. The van der Waals surface area contributed by atoms with Gasteiger partial charge in [0.25, 0.3) is 0 Å². The second-order valence-electron chi connectivity index (χ2n) is 13.9. The quantitative estimate of drug-likeness (QED) is 0.172. The minimum atomic E-state index is 0.652. The lowest BCUT2D eigenvalue weighted by Gasteiger charge is -2.15. The smallest absolute Gasteiger partial charge is 0.235 e. The molecule has 0 N–H and O–H groups in total. The minimum Gasteiger partial charge on any atom is -0.278 e. The van der Waals surface area contributed by atoms with E-state index in [9.17, 15) is 0 Å². The van der Waals surface area contributed by atoms with Crippen LogP contribution in [-0.4, -0.2) is 19.5 Å². The first-order valence-electron chi connectivity index (χ1n) is 18.2. The summed E-state index contributed by atoms with van der Waals surface area (Å²) in [5, 5.41) is 12.1. The summed E-state index contributed by atoms with van der Waals surface area (Å²) in [5.74, 6) is 0.652. The predicted molar refractivity (Wildman–Crippen MR) is 228 cm³/mol. The molecule has 250 valence electrons. The van der Waals surface area contributed by atoms with Crippen LogP contribution in [0.1, 0.15) is 0 Å². The Kier molecular flexibility index (Phi) is 6.18. The van der Waals surface area contributed by atoms with Gasteiger partial charge in [-0.1, -0.05) is 133 Å². The average molecular weight is 705 g/mol. The highest BCUT2D eigenvalue weighted by Crippen LogP contribution is 2.48. The first-order chi connectivity index (χ1) is 26.8. The van der Waals surface area contributed by atoms with Crippen molar-refractivity contribution in [2.75, 3.05) is 0 Å². The molecule has 4 aromatic heterocycles. The molecule has 54 heavy (non-hydrogen) atoms. The molecule has 0 amide bonds. The summed E-state index contributed by atoms with van der Waals surface area (Å²) in [5.41, 5.74) is 8.09. The zero-order valence-corrected chi connectivity index (χ0v) is 29.7. The molecule has 0 aliphatic carbocycles. The van der Waals surface area contributed by atoms with Crippen LogP contribution >= 0.6 is 11.3 Å². The van der Waals surface area contributed by atoms with Gasteiger partial charge in [-0.25, -0.2) is 15.0 Å². The Bertz CT molecular complexity index is 3510. The fourth-order valence-electron chi connectivity index (χ4n) is 8.65. The monoisotopic (exact) mass is 704 g/mol. The van der Waals surface area contributed by atoms with Gasteiger partial charge in [0.2, 0.25) is 5.95 Å². The zero-order chi connectivity index (χ0) is 35.3. The van der Waals surface area contributed by atoms with E-state index in [2.05, 4.69) is 162 Å². The van der Waals surface area contributed by atoms with Crippen LogP contribution in [0.3, 0.4) is 0 Å². The molecule has 0 bridgehead atoms. The highest BCUT2D eigenvalue weighted by atomic mass is 32.1. The molecule has 8 aromatic carbocycles. The maximum Gasteiger partial charge on any atom is 0.235 e. The zero-order valence-electron chi connectivity index (χ0n) is 28.9. The molecule has 0 saturated carbocycles. The summed E-state index contributed by atoms with van der Waals surface area (Å²) in [6.45, 7) is 0. The molecule has 0 spiro atoms. The van der Waals surface area contributed by atoms with Crippen molar-refractivity contribution in [1.82, 2.24) is 19.5 Å². The van der Waals surface area contributed by atoms with Gasteiger partial charge in [0.1, 0.15) is 0 Å². The van der Waals surface area contributed by atoms with Crippen LogP contribution < -0.4 is 0 Å². The van der Waals surface area contributed by atoms with Gasteiger partial charge in [-0.15, -0.1) is 11.3 Å². The van der Waals surface area contributed by atoms with Crippen LogP contribution in [0, 0.1) is 0 Å². The van der Waals surface area contributed by atoms with Crippen molar-refractivity contribution in [2.24, 2.45) is 0 Å². The normalized spacial score (nSPS) is 12.1. The van der Waals surface area contributed by atoms with E-state index in [1.165, 1.54) is 47.1 Å². The molecule has 0 fully saturated rings. The van der Waals surface area contributed by atoms with Crippen LogP contribution in [0.2, 0.25) is 0 Å². The van der Waals surface area contributed by atoms with Gasteiger partial charge in [0, 0.05) is 63.6 Å². The number of hydrogen-bond acceptors (Lipinski definition) is 4. The molecule has 0 unspecified atom stereocenters. The van der Waals surface area contributed by atoms with Gasteiger partial charge in [-0.05, 0) is 47.2 Å². The van der Waals surface area contributed by atoms with Crippen LogP contribution in [0.4, 0.5) is 0 Å². The van der Waals surface area contributed by atoms with E-state index in [-0.39, 0.29) is 0 Å². The molecule has 12 aromatic rings. The van der Waals surface area contributed by atoms with E-state index in [0.29, 0.717) is 5.95 Å². The van der Waals surface area contributed by atoms with E-state index >= 15 is 0 Å². The third kappa shape index (κ3) is 4.15. The van der Waals surface area contributed by atoms with Crippen LogP contribution in [0.5, 0.6) is 0 Å². The largest absolute Gasteiger partial charge is 0.278 e. The summed E-state index contributed by atoms with van der Waals surface area (Å²) >= 11 is 1.87. The maximum atomic E-state index is 5.51. The molecular formula is C49H28N4S. The van der Waals surface area contributed by atoms with Crippen LogP contribution in [0.15, 0.2) is 170 Å². The van der Waals surface area contributed by atoms with E-state index in [1.807, 2.05) is 23.5 Å². The summed E-state index contributed by atoms with van der Waals surface area (Å²) in [6.07, 6.45) is 0. The van der Waals surface area contributed by atoms with Gasteiger partial charge in [0.15, 0.2) is 0 Å². The molecule has 5 heteroatoms. The second-order valence-corrected chi connectivity index (χ2v) is 15.0. The minimum absolute atomic E-state index is 0.652. The Morgan fingerprint density at radius 3 is 1.80 bits per heavy atom. The molecule has 12 rings (SSSR count). The molecule has 4 heterocycles. The Morgan fingerprint density at radius 1 is 0.370 bits per heavy atom. The van der Waals surface area contributed by atoms with Crippen molar-refractivity contribution in [2.45, 2.75) is 0 Å². The van der Waals surface area contributed by atoms with Crippen LogP contribution in [0.25, 0.3) is 114 Å². The number of aromatic nitrogens is 4. The lowest BCUT2D eigenvalue weighted by atomic mass is 9.92. The van der Waals surface area contributed by atoms with E-state index in [0.717, 1.165) is 60.7 Å². The maximum absolute atomic E-state index is 5.51. The van der Waals surface area contributed by atoms with Crippen molar-refractivity contribution < 1.29 is 0 Å². The van der Waals surface area contributed by atoms with Crippen molar-refractivity contribution in [1.29, 1.82) is 0 Å². The lowest BCUT2D eigenvalue weighted by molar-refractivity contribution is 1.01. The van der Waals surface area contributed by atoms with Gasteiger partial charge in [0.05, 0.1) is 33.5 Å². The Morgan fingerprint density at radius 2 is 0.981 bits per heavy atom. The SMILES string of the molecule is c1ccc(-c2nc(-n3c4ccccc4c4cc(-c5nc6ccccc6c6c7ccccc7c7c8ccccc8sc7c56)ccc43)nc3ccccc23)cc1. The van der Waals surface area contributed by atoms with Crippen molar-refractivity contribution in [3.8, 4) is 28.5 Å². The first kappa shape index (κ1) is 29.6. The summed E-state index contributed by atoms with van der Waals surface area (Å²) in [4.78, 5) is 16.0. The summed E-state index contributed by atoms with van der Waals surface area (Å²) in [7, 11) is 0. The fraction of sp³-hybridized carbons (Fsp3) is 0. The molecule has 4 nitrogen and oxygen atoms in total. The standard InChI is InChI=1S/C49H28N4S/c1-2-14-29(15-3-1)46-35-20-7-11-23-39(35)51-49(52-46)53-40-24-12-8-16-31(40)37-28-30(26-27-41(37)53)47-45-43(34-19-6-10-22-38(34)50-47)32-17-4-5-18-33(32)44-36-21-9-13-25-42(36)54-48(44)45/h1-28H. The number of thiophene rings is 1. The van der Waals surface area contributed by atoms with Crippen LogP contribution in [-0.2, 0) is 0 Å². The number of hydrogen-bond donors (Lipinski definition) is 0. The number of fused-ring (bicyclic) bond motifs is 14. The Hall–Kier alpha value is -6.95. The van der Waals surface area contributed by atoms with Crippen molar-refractivity contribution in [3.05, 3.63) is 170 Å². The Balaban J connectivity index is 1.19. The highest BCUT2D eigenvalue weighted by Gasteiger charge is 2.22. The average Bonchev–Trinajstić information content (AvgIpc) is 3.79. The number of rotatable bonds is 3. The number of nitrogens with zero attached hydrogens (tertiary/aromatic N) is 4. The molecular weight excluding hydrogens is 677 g/mol. The molecule has 0 saturated heterocycles.